The Morgan fingerprint density at radius 3 is 2.64 bits per heavy atom. The third kappa shape index (κ3) is 2.72. The van der Waals surface area contributed by atoms with Crippen molar-refractivity contribution < 1.29 is 9.47 Å². The van der Waals surface area contributed by atoms with Crippen molar-refractivity contribution in [1.29, 1.82) is 0 Å². The second-order valence-electron chi connectivity index (χ2n) is 6.62. The van der Waals surface area contributed by atoms with Gasteiger partial charge in [-0.1, -0.05) is 12.8 Å². The van der Waals surface area contributed by atoms with Gasteiger partial charge in [0.1, 0.15) is 0 Å². The van der Waals surface area contributed by atoms with Crippen LogP contribution in [0.3, 0.4) is 0 Å². The Labute approximate surface area is 133 Å². The molecule has 2 atom stereocenters. The van der Waals surface area contributed by atoms with Crippen LogP contribution in [0.2, 0.25) is 0 Å². The van der Waals surface area contributed by atoms with Crippen molar-refractivity contribution in [3.05, 3.63) is 17.8 Å². The summed E-state index contributed by atoms with van der Waals surface area (Å²) in [6.07, 6.45) is 6.90. The molecule has 1 spiro atoms. The highest BCUT2D eigenvalue weighted by molar-refractivity contribution is 5.14. The highest BCUT2D eigenvalue weighted by Gasteiger charge is 2.57. The monoisotopic (exact) mass is 305 g/mol. The zero-order valence-corrected chi connectivity index (χ0v) is 13.9. The molecule has 122 valence electrons. The summed E-state index contributed by atoms with van der Waals surface area (Å²) in [6.45, 7) is 3.77. The minimum absolute atomic E-state index is 0.380. The summed E-state index contributed by atoms with van der Waals surface area (Å²) in [6, 6.07) is 4.49. The maximum absolute atomic E-state index is 6.01. The third-order valence-corrected chi connectivity index (χ3v) is 5.49. The maximum Gasteiger partial charge on any atom is 0.233 e. The Kier molecular flexibility index (Phi) is 4.64. The average Bonchev–Trinajstić information content (AvgIpc) is 3.04. The van der Waals surface area contributed by atoms with Gasteiger partial charge < -0.3 is 9.47 Å². The molecule has 0 radical (unpaired) electrons. The van der Waals surface area contributed by atoms with Crippen LogP contribution in [0.25, 0.3) is 0 Å². The summed E-state index contributed by atoms with van der Waals surface area (Å²) in [4.78, 5) is 2.44. The molecule has 0 N–H and O–H groups in total. The lowest BCUT2D eigenvalue weighted by molar-refractivity contribution is -0.162. The summed E-state index contributed by atoms with van der Waals surface area (Å²) in [5.41, 5.74) is 1.38. The fourth-order valence-electron chi connectivity index (χ4n) is 4.38. The summed E-state index contributed by atoms with van der Waals surface area (Å²) in [5, 5.41) is 8.32. The fourth-order valence-corrected chi connectivity index (χ4v) is 4.38. The quantitative estimate of drug-likeness (QED) is 0.808. The van der Waals surface area contributed by atoms with Gasteiger partial charge in [-0.2, -0.15) is 5.10 Å². The minimum Gasteiger partial charge on any atom is -0.480 e. The molecule has 0 aliphatic heterocycles. The van der Waals surface area contributed by atoms with Crippen molar-refractivity contribution in [2.24, 2.45) is 5.41 Å². The van der Waals surface area contributed by atoms with E-state index < -0.39 is 0 Å². The lowest BCUT2D eigenvalue weighted by Gasteiger charge is -2.57. The number of rotatable bonds is 6. The van der Waals surface area contributed by atoms with Gasteiger partial charge in [-0.3, -0.25) is 4.90 Å². The number of hydrogen-bond donors (Lipinski definition) is 0. The predicted molar refractivity (Wildman–Crippen MR) is 84.8 cm³/mol. The van der Waals surface area contributed by atoms with Gasteiger partial charge in [0.2, 0.25) is 5.88 Å². The molecule has 5 heteroatoms. The Bertz CT molecular complexity index is 485. The summed E-state index contributed by atoms with van der Waals surface area (Å²) in [5.74, 6) is 0.568. The van der Waals surface area contributed by atoms with Crippen LogP contribution in [0.5, 0.6) is 5.88 Å². The fraction of sp³-hybridized carbons (Fsp3) is 0.765. The molecule has 22 heavy (non-hydrogen) atoms. The van der Waals surface area contributed by atoms with E-state index >= 15 is 0 Å². The first-order chi connectivity index (χ1) is 10.7. The summed E-state index contributed by atoms with van der Waals surface area (Å²) in [7, 11) is 3.82. The van der Waals surface area contributed by atoms with Crippen LogP contribution in [0, 0.1) is 5.41 Å². The molecule has 2 fully saturated rings. The van der Waals surface area contributed by atoms with Crippen molar-refractivity contribution in [2.45, 2.75) is 57.7 Å². The molecule has 1 heterocycles. The molecule has 5 nitrogen and oxygen atoms in total. The van der Waals surface area contributed by atoms with Gasteiger partial charge in [0.05, 0.1) is 18.9 Å². The van der Waals surface area contributed by atoms with Crippen molar-refractivity contribution in [3.63, 3.8) is 0 Å². The van der Waals surface area contributed by atoms with Crippen molar-refractivity contribution >= 4 is 0 Å². The van der Waals surface area contributed by atoms with E-state index in [9.17, 15) is 0 Å². The van der Waals surface area contributed by atoms with Gasteiger partial charge in [0.25, 0.3) is 0 Å². The summed E-state index contributed by atoms with van der Waals surface area (Å²) >= 11 is 0. The zero-order valence-electron chi connectivity index (χ0n) is 13.9. The lowest BCUT2D eigenvalue weighted by atomic mass is 9.60. The van der Waals surface area contributed by atoms with E-state index in [4.69, 9.17) is 9.47 Å². The Morgan fingerprint density at radius 1 is 1.27 bits per heavy atom. The Balaban J connectivity index is 1.65. The highest BCUT2D eigenvalue weighted by Crippen LogP contribution is 2.56. The summed E-state index contributed by atoms with van der Waals surface area (Å²) < 4.78 is 11.1. The predicted octanol–water partition coefficient (Wildman–Crippen LogP) is 2.65. The number of nitrogens with zero attached hydrogens (tertiary/aromatic N) is 3. The van der Waals surface area contributed by atoms with Crippen LogP contribution in [0.1, 0.15) is 44.7 Å². The SMILES string of the molecule is CCO[C@H]1C[C@@H](N(C)Cc2ccc(OC)nn2)C12CCCC2. The van der Waals surface area contributed by atoms with Crippen LogP contribution in [-0.4, -0.2) is 48.0 Å². The molecular weight excluding hydrogens is 278 g/mol. The highest BCUT2D eigenvalue weighted by atomic mass is 16.5. The molecule has 0 aromatic carbocycles. The Hall–Kier alpha value is -1.20. The van der Waals surface area contributed by atoms with Crippen molar-refractivity contribution in [3.8, 4) is 5.88 Å². The second kappa shape index (κ2) is 6.50. The number of aromatic nitrogens is 2. The topological polar surface area (TPSA) is 47.5 Å². The third-order valence-electron chi connectivity index (χ3n) is 5.49. The van der Waals surface area contributed by atoms with Crippen LogP contribution in [0.4, 0.5) is 0 Å². The first-order valence-electron chi connectivity index (χ1n) is 8.38. The first-order valence-corrected chi connectivity index (χ1v) is 8.38. The lowest BCUT2D eigenvalue weighted by Crippen LogP contribution is -2.62. The van der Waals surface area contributed by atoms with Crippen LogP contribution in [0.15, 0.2) is 12.1 Å². The zero-order chi connectivity index (χ0) is 15.6. The van der Waals surface area contributed by atoms with Gasteiger partial charge in [-0.25, -0.2) is 0 Å². The van der Waals surface area contributed by atoms with Crippen molar-refractivity contribution in [1.82, 2.24) is 15.1 Å². The van der Waals surface area contributed by atoms with Crippen LogP contribution in [-0.2, 0) is 11.3 Å². The molecule has 2 aliphatic carbocycles. The van der Waals surface area contributed by atoms with Gasteiger partial charge >= 0.3 is 0 Å². The molecule has 2 aliphatic rings. The van der Waals surface area contributed by atoms with E-state index in [1.54, 1.807) is 7.11 Å². The standard InChI is InChI=1S/C17H27N3O2/c1-4-22-15-11-14(17(15)9-5-6-10-17)20(2)12-13-7-8-16(21-3)19-18-13/h7-8,14-15H,4-6,9-12H2,1-3H3/t14-,15+/m1/s1. The van der Waals surface area contributed by atoms with E-state index in [0.717, 1.165) is 25.3 Å². The maximum atomic E-state index is 6.01. The van der Waals surface area contributed by atoms with E-state index in [1.165, 1.54) is 25.7 Å². The molecule has 3 rings (SSSR count). The normalized spacial score (nSPS) is 26.4. The van der Waals surface area contributed by atoms with E-state index in [0.29, 0.717) is 23.4 Å². The second-order valence-corrected chi connectivity index (χ2v) is 6.62. The molecule has 1 aromatic heterocycles. The molecule has 0 unspecified atom stereocenters. The van der Waals surface area contributed by atoms with E-state index in [-0.39, 0.29) is 0 Å². The van der Waals surface area contributed by atoms with Gasteiger partial charge in [0.15, 0.2) is 0 Å². The molecule has 0 saturated heterocycles. The average molecular weight is 305 g/mol. The first kappa shape index (κ1) is 15.7. The largest absolute Gasteiger partial charge is 0.480 e. The molecule has 0 amide bonds. The van der Waals surface area contributed by atoms with Gasteiger partial charge in [0, 0.05) is 30.7 Å². The number of hydrogen-bond acceptors (Lipinski definition) is 5. The molecule has 1 aromatic rings. The molecule has 0 bridgehead atoms. The molecule has 2 saturated carbocycles. The van der Waals surface area contributed by atoms with Crippen molar-refractivity contribution in [2.75, 3.05) is 20.8 Å². The number of ether oxygens (including phenoxy) is 2. The van der Waals surface area contributed by atoms with E-state index in [2.05, 4.69) is 29.1 Å². The van der Waals surface area contributed by atoms with Crippen LogP contribution < -0.4 is 4.74 Å². The smallest absolute Gasteiger partial charge is 0.233 e. The van der Waals surface area contributed by atoms with E-state index in [1.807, 2.05) is 12.1 Å². The Morgan fingerprint density at radius 2 is 2.05 bits per heavy atom. The van der Waals surface area contributed by atoms with Crippen LogP contribution >= 0.6 is 0 Å². The minimum atomic E-state index is 0.380. The molecular formula is C17H27N3O2. The van der Waals surface area contributed by atoms with Gasteiger partial charge in [-0.05, 0) is 39.3 Å². The van der Waals surface area contributed by atoms with Gasteiger partial charge in [-0.15, -0.1) is 5.10 Å². The number of methoxy groups -OCH3 is 1.